The van der Waals surface area contributed by atoms with Crippen LogP contribution in [-0.2, 0) is 0 Å². The third-order valence-corrected chi connectivity index (χ3v) is 4.43. The van der Waals surface area contributed by atoms with Crippen LogP contribution in [0.2, 0.25) is 0 Å². The van der Waals surface area contributed by atoms with Gasteiger partial charge in [0, 0.05) is 5.56 Å². The number of carbonyl (C=O) groups is 1. The molecule has 0 aliphatic heterocycles. The second kappa shape index (κ2) is 5.84. The fraction of sp³-hybridized carbons (Fsp3) is 0.150. The molecular weight excluding hydrogens is 330 g/mol. The predicted molar refractivity (Wildman–Crippen MR) is 98.2 cm³/mol. The molecule has 4 aromatic rings. The van der Waals surface area contributed by atoms with Gasteiger partial charge < -0.3 is 14.5 Å². The quantitative estimate of drug-likeness (QED) is 0.569. The second-order valence-electron chi connectivity index (χ2n) is 6.29. The van der Waals surface area contributed by atoms with Crippen molar-refractivity contribution in [2.75, 3.05) is 0 Å². The van der Waals surface area contributed by atoms with Gasteiger partial charge in [-0.15, -0.1) is 0 Å². The van der Waals surface area contributed by atoms with Gasteiger partial charge in [-0.2, -0.15) is 0 Å². The molecule has 2 heterocycles. The van der Waals surface area contributed by atoms with Crippen molar-refractivity contribution in [1.82, 2.24) is 15.0 Å². The predicted octanol–water partition coefficient (Wildman–Crippen LogP) is 4.51. The maximum atomic E-state index is 11.6. The number of aromatic nitrogens is 3. The minimum absolute atomic E-state index is 0.185. The van der Waals surface area contributed by atoms with E-state index in [0.29, 0.717) is 22.7 Å². The van der Waals surface area contributed by atoms with Gasteiger partial charge in [-0.1, -0.05) is 12.1 Å². The Bertz CT molecular complexity index is 1120. The highest BCUT2D eigenvalue weighted by molar-refractivity contribution is 6.03. The number of fused-ring (bicyclic) bond motifs is 1. The maximum absolute atomic E-state index is 11.6. The van der Waals surface area contributed by atoms with Crippen LogP contribution >= 0.6 is 0 Å². The number of carboxylic acids is 1. The lowest BCUT2D eigenvalue weighted by Crippen LogP contribution is -1.98. The van der Waals surface area contributed by atoms with E-state index < -0.39 is 5.97 Å². The minimum Gasteiger partial charge on any atom is -0.478 e. The molecule has 2 aromatic heterocycles. The fourth-order valence-corrected chi connectivity index (χ4v) is 2.97. The summed E-state index contributed by atoms with van der Waals surface area (Å²) in [5.74, 6) is 1.07. The van der Waals surface area contributed by atoms with Gasteiger partial charge in [-0.05, 0) is 56.2 Å². The Morgan fingerprint density at radius 3 is 2.31 bits per heavy atom. The molecule has 0 aliphatic rings. The summed E-state index contributed by atoms with van der Waals surface area (Å²) in [7, 11) is 0. The number of nitrogens with zero attached hydrogens (tertiary/aromatic N) is 2. The molecule has 0 bridgehead atoms. The number of benzene rings is 2. The van der Waals surface area contributed by atoms with Crippen LogP contribution in [0.3, 0.4) is 0 Å². The topological polar surface area (TPSA) is 92.0 Å². The Labute approximate surface area is 149 Å². The summed E-state index contributed by atoms with van der Waals surface area (Å²) in [5, 5.41) is 9.51. The molecular formula is C20H17N3O3. The summed E-state index contributed by atoms with van der Waals surface area (Å²) in [6, 6.07) is 11.3. The van der Waals surface area contributed by atoms with Crippen molar-refractivity contribution < 1.29 is 14.3 Å². The Morgan fingerprint density at radius 2 is 1.69 bits per heavy atom. The van der Waals surface area contributed by atoms with E-state index in [0.717, 1.165) is 28.1 Å². The lowest BCUT2D eigenvalue weighted by atomic mass is 10.0. The van der Waals surface area contributed by atoms with Crippen molar-refractivity contribution in [3.8, 4) is 22.6 Å². The average molecular weight is 347 g/mol. The number of H-pyrrole nitrogens is 1. The largest absolute Gasteiger partial charge is 0.478 e. The number of rotatable bonds is 3. The molecule has 4 rings (SSSR count). The van der Waals surface area contributed by atoms with Gasteiger partial charge in [-0.3, -0.25) is 0 Å². The number of aromatic carboxylic acids is 1. The Morgan fingerprint density at radius 1 is 1.00 bits per heavy atom. The number of nitrogens with one attached hydrogen (secondary N) is 1. The van der Waals surface area contributed by atoms with Crippen molar-refractivity contribution >= 4 is 17.0 Å². The lowest BCUT2D eigenvalue weighted by Gasteiger charge is -2.05. The number of aromatic amines is 1. The molecule has 0 spiro atoms. The molecule has 0 fully saturated rings. The summed E-state index contributed by atoms with van der Waals surface area (Å²) < 4.78 is 5.65. The Kier molecular flexibility index (Phi) is 3.61. The summed E-state index contributed by atoms with van der Waals surface area (Å²) in [4.78, 5) is 23.4. The standard InChI is InChI=1S/C20H17N3O3/c1-10-11(2)26-19(21-10)14-6-4-13(5-7-14)15-8-16(20(24)25)18-17(9-15)22-12(3)23-18/h4-9H,1-3H3,(H,22,23)(H,24,25). The first-order chi connectivity index (χ1) is 12.4. The highest BCUT2D eigenvalue weighted by Gasteiger charge is 2.15. The number of hydrogen-bond acceptors (Lipinski definition) is 4. The smallest absolute Gasteiger partial charge is 0.337 e. The van der Waals surface area contributed by atoms with Gasteiger partial charge in [0.2, 0.25) is 5.89 Å². The molecule has 6 heteroatoms. The van der Waals surface area contributed by atoms with Crippen molar-refractivity contribution in [1.29, 1.82) is 0 Å². The highest BCUT2D eigenvalue weighted by atomic mass is 16.4. The van der Waals surface area contributed by atoms with Crippen LogP contribution in [0, 0.1) is 20.8 Å². The molecule has 130 valence electrons. The summed E-state index contributed by atoms with van der Waals surface area (Å²) in [6.45, 7) is 5.60. The molecule has 0 amide bonds. The average Bonchev–Trinajstić information content (AvgIpc) is 3.15. The van der Waals surface area contributed by atoms with Crippen LogP contribution in [0.15, 0.2) is 40.8 Å². The van der Waals surface area contributed by atoms with E-state index in [2.05, 4.69) is 15.0 Å². The van der Waals surface area contributed by atoms with E-state index in [4.69, 9.17) is 4.42 Å². The summed E-state index contributed by atoms with van der Waals surface area (Å²) in [5.41, 5.74) is 4.83. The van der Waals surface area contributed by atoms with Gasteiger partial charge in [0.25, 0.3) is 0 Å². The summed E-state index contributed by atoms with van der Waals surface area (Å²) in [6.07, 6.45) is 0. The monoisotopic (exact) mass is 347 g/mol. The zero-order valence-corrected chi connectivity index (χ0v) is 14.6. The van der Waals surface area contributed by atoms with Crippen molar-refractivity contribution in [2.24, 2.45) is 0 Å². The number of carboxylic acid groups (broad SMARTS) is 1. The zero-order chi connectivity index (χ0) is 18.4. The van der Waals surface area contributed by atoms with Crippen molar-refractivity contribution in [2.45, 2.75) is 20.8 Å². The van der Waals surface area contributed by atoms with Crippen LogP contribution in [0.1, 0.15) is 27.6 Å². The number of aryl methyl sites for hydroxylation is 3. The van der Waals surface area contributed by atoms with Crippen molar-refractivity contribution in [3.63, 3.8) is 0 Å². The molecule has 2 N–H and O–H groups in total. The maximum Gasteiger partial charge on any atom is 0.337 e. The SMILES string of the molecule is Cc1nc2c(C(=O)O)cc(-c3ccc(-c4nc(C)c(C)o4)cc3)cc2[nH]1. The molecule has 0 saturated heterocycles. The minimum atomic E-state index is -0.995. The fourth-order valence-electron chi connectivity index (χ4n) is 2.97. The van der Waals surface area contributed by atoms with Crippen LogP contribution in [0.4, 0.5) is 0 Å². The molecule has 0 saturated carbocycles. The molecule has 0 atom stereocenters. The van der Waals surface area contributed by atoms with E-state index in [-0.39, 0.29) is 5.56 Å². The zero-order valence-electron chi connectivity index (χ0n) is 14.6. The van der Waals surface area contributed by atoms with E-state index in [1.54, 1.807) is 13.0 Å². The van der Waals surface area contributed by atoms with Crippen LogP contribution in [0.5, 0.6) is 0 Å². The lowest BCUT2D eigenvalue weighted by molar-refractivity contribution is 0.0699. The van der Waals surface area contributed by atoms with Gasteiger partial charge >= 0.3 is 5.97 Å². The van der Waals surface area contributed by atoms with Crippen molar-refractivity contribution in [3.05, 3.63) is 59.2 Å². The summed E-state index contributed by atoms with van der Waals surface area (Å²) >= 11 is 0. The third kappa shape index (κ3) is 2.65. The first-order valence-corrected chi connectivity index (χ1v) is 8.21. The van der Waals surface area contributed by atoms with Crippen LogP contribution in [0.25, 0.3) is 33.6 Å². The van der Waals surface area contributed by atoms with Crippen LogP contribution < -0.4 is 0 Å². The third-order valence-electron chi connectivity index (χ3n) is 4.43. The molecule has 2 aromatic carbocycles. The normalized spacial score (nSPS) is 11.2. The van der Waals surface area contributed by atoms with E-state index in [1.807, 2.05) is 44.2 Å². The molecule has 0 unspecified atom stereocenters. The Hall–Kier alpha value is -3.41. The molecule has 0 radical (unpaired) electrons. The second-order valence-corrected chi connectivity index (χ2v) is 6.29. The van der Waals surface area contributed by atoms with E-state index in [9.17, 15) is 9.90 Å². The number of oxazole rings is 1. The molecule has 6 nitrogen and oxygen atoms in total. The number of hydrogen-bond donors (Lipinski definition) is 2. The number of imidazole rings is 1. The van der Waals surface area contributed by atoms with Crippen LogP contribution in [-0.4, -0.2) is 26.0 Å². The van der Waals surface area contributed by atoms with Gasteiger partial charge in [0.05, 0.1) is 16.8 Å². The van der Waals surface area contributed by atoms with E-state index >= 15 is 0 Å². The van der Waals surface area contributed by atoms with Gasteiger partial charge in [0.1, 0.15) is 17.1 Å². The Balaban J connectivity index is 1.79. The molecule has 0 aliphatic carbocycles. The van der Waals surface area contributed by atoms with E-state index in [1.165, 1.54) is 0 Å². The van der Waals surface area contributed by atoms with Gasteiger partial charge in [0.15, 0.2) is 0 Å². The first kappa shape index (κ1) is 16.1. The molecule has 26 heavy (non-hydrogen) atoms. The highest BCUT2D eigenvalue weighted by Crippen LogP contribution is 2.29. The van der Waals surface area contributed by atoms with Gasteiger partial charge in [-0.25, -0.2) is 14.8 Å². The first-order valence-electron chi connectivity index (χ1n) is 8.21.